The van der Waals surface area contributed by atoms with Crippen LogP contribution >= 0.6 is 15.9 Å². The van der Waals surface area contributed by atoms with Crippen LogP contribution in [0.1, 0.15) is 25.3 Å². The fraction of sp³-hybridized carbons (Fsp3) is 0.375. The summed E-state index contributed by atoms with van der Waals surface area (Å²) in [6.07, 6.45) is 1.65. The van der Waals surface area contributed by atoms with Gasteiger partial charge in [0.15, 0.2) is 0 Å². The van der Waals surface area contributed by atoms with Gasteiger partial charge in [-0.15, -0.1) is 0 Å². The lowest BCUT2D eigenvalue weighted by Crippen LogP contribution is -2.12. The number of aromatic nitrogens is 1. The first kappa shape index (κ1) is 8.53. The lowest BCUT2D eigenvalue weighted by molar-refractivity contribution is 0.842. The molecule has 1 heterocycles. The largest absolute Gasteiger partial charge is 0.328 e. The highest BCUT2D eigenvalue weighted by Gasteiger charge is 2.03. The van der Waals surface area contributed by atoms with Crippen LogP contribution in [0.3, 0.4) is 0 Å². The molecule has 0 unspecified atom stereocenters. The Morgan fingerprint density at radius 2 is 2.18 bits per heavy atom. The monoisotopic (exact) mass is 215 g/mol. The molecular formula is C8H10BrNO. The second-order valence-electron chi connectivity index (χ2n) is 2.76. The van der Waals surface area contributed by atoms with Gasteiger partial charge in [0, 0.05) is 16.2 Å². The van der Waals surface area contributed by atoms with Gasteiger partial charge < -0.3 is 4.98 Å². The number of rotatable bonds is 1. The van der Waals surface area contributed by atoms with Gasteiger partial charge in [-0.2, -0.15) is 0 Å². The van der Waals surface area contributed by atoms with Crippen molar-refractivity contribution in [3.05, 3.63) is 32.7 Å². The van der Waals surface area contributed by atoms with Crippen LogP contribution in [-0.2, 0) is 0 Å². The van der Waals surface area contributed by atoms with Gasteiger partial charge in [-0.05, 0) is 27.9 Å². The number of halogens is 1. The Morgan fingerprint density at radius 3 is 2.64 bits per heavy atom. The summed E-state index contributed by atoms with van der Waals surface area (Å²) in [6, 6.07) is 1.85. The molecule has 0 atom stereocenters. The van der Waals surface area contributed by atoms with E-state index in [9.17, 15) is 4.79 Å². The summed E-state index contributed by atoms with van der Waals surface area (Å²) < 4.78 is 0.917. The van der Waals surface area contributed by atoms with Crippen molar-refractivity contribution >= 4 is 15.9 Å². The van der Waals surface area contributed by atoms with Crippen LogP contribution < -0.4 is 5.56 Å². The molecule has 0 bridgehead atoms. The first-order valence-electron chi connectivity index (χ1n) is 3.49. The van der Waals surface area contributed by atoms with Gasteiger partial charge in [-0.3, -0.25) is 4.79 Å². The van der Waals surface area contributed by atoms with Crippen molar-refractivity contribution in [2.24, 2.45) is 0 Å². The molecule has 1 aromatic rings. The predicted octanol–water partition coefficient (Wildman–Crippen LogP) is 2.26. The molecule has 0 saturated heterocycles. The Balaban J connectivity index is 3.24. The highest BCUT2D eigenvalue weighted by Crippen LogP contribution is 2.13. The molecule has 0 saturated carbocycles. The van der Waals surface area contributed by atoms with Crippen molar-refractivity contribution in [3.63, 3.8) is 0 Å². The number of aromatic amines is 1. The van der Waals surface area contributed by atoms with Gasteiger partial charge in [0.1, 0.15) is 0 Å². The van der Waals surface area contributed by atoms with Gasteiger partial charge in [0.25, 0.3) is 5.56 Å². The quantitative estimate of drug-likeness (QED) is 0.767. The van der Waals surface area contributed by atoms with E-state index >= 15 is 0 Å². The maximum atomic E-state index is 11.1. The third-order valence-corrected chi connectivity index (χ3v) is 1.98. The molecular weight excluding hydrogens is 206 g/mol. The van der Waals surface area contributed by atoms with Gasteiger partial charge in [-0.1, -0.05) is 13.8 Å². The van der Waals surface area contributed by atoms with Crippen LogP contribution in [-0.4, -0.2) is 4.98 Å². The first-order chi connectivity index (χ1) is 5.11. The third-order valence-electron chi connectivity index (χ3n) is 1.52. The van der Waals surface area contributed by atoms with E-state index in [1.54, 1.807) is 6.20 Å². The molecule has 1 N–H and O–H groups in total. The second kappa shape index (κ2) is 3.22. The highest BCUT2D eigenvalue weighted by atomic mass is 79.9. The lowest BCUT2D eigenvalue weighted by Gasteiger charge is -2.02. The van der Waals surface area contributed by atoms with Gasteiger partial charge in [0.2, 0.25) is 0 Å². The van der Waals surface area contributed by atoms with Gasteiger partial charge in [0.05, 0.1) is 0 Å². The molecule has 0 aromatic carbocycles. The molecule has 0 amide bonds. The average Bonchev–Trinajstić information content (AvgIpc) is 1.94. The SMILES string of the molecule is CC(C)c1cc(Br)c[nH]c1=O. The summed E-state index contributed by atoms with van der Waals surface area (Å²) in [4.78, 5) is 13.8. The molecule has 0 fully saturated rings. The fourth-order valence-corrected chi connectivity index (χ4v) is 1.26. The summed E-state index contributed by atoms with van der Waals surface area (Å²) in [5, 5.41) is 0. The minimum Gasteiger partial charge on any atom is -0.328 e. The molecule has 0 radical (unpaired) electrons. The Labute approximate surface area is 73.8 Å². The van der Waals surface area contributed by atoms with E-state index in [4.69, 9.17) is 0 Å². The summed E-state index contributed by atoms with van der Waals surface area (Å²) >= 11 is 3.29. The topological polar surface area (TPSA) is 32.9 Å². The fourth-order valence-electron chi connectivity index (χ4n) is 0.902. The zero-order chi connectivity index (χ0) is 8.43. The van der Waals surface area contributed by atoms with E-state index in [-0.39, 0.29) is 11.5 Å². The van der Waals surface area contributed by atoms with Crippen molar-refractivity contribution in [2.75, 3.05) is 0 Å². The van der Waals surface area contributed by atoms with Gasteiger partial charge >= 0.3 is 0 Å². The number of nitrogens with one attached hydrogen (secondary N) is 1. The normalized spacial score (nSPS) is 10.5. The number of hydrogen-bond donors (Lipinski definition) is 1. The van der Waals surface area contributed by atoms with E-state index < -0.39 is 0 Å². The molecule has 0 aliphatic carbocycles. The summed E-state index contributed by atoms with van der Waals surface area (Å²) in [5.41, 5.74) is 0.822. The van der Waals surface area contributed by atoms with Gasteiger partial charge in [-0.25, -0.2) is 0 Å². The molecule has 0 aliphatic rings. The molecule has 0 aliphatic heterocycles. The number of pyridine rings is 1. The number of H-pyrrole nitrogens is 1. The van der Waals surface area contributed by atoms with E-state index in [2.05, 4.69) is 20.9 Å². The van der Waals surface area contributed by atoms with Crippen molar-refractivity contribution < 1.29 is 0 Å². The molecule has 1 rings (SSSR count). The average molecular weight is 216 g/mol. The van der Waals surface area contributed by atoms with Crippen LogP contribution in [0.15, 0.2) is 21.5 Å². The molecule has 60 valence electrons. The Kier molecular flexibility index (Phi) is 2.49. The van der Waals surface area contributed by atoms with Crippen LogP contribution in [0.5, 0.6) is 0 Å². The van der Waals surface area contributed by atoms with E-state index in [0.717, 1.165) is 10.0 Å². The molecule has 2 nitrogen and oxygen atoms in total. The van der Waals surface area contributed by atoms with Crippen LogP contribution in [0.2, 0.25) is 0 Å². The van der Waals surface area contributed by atoms with E-state index in [0.29, 0.717) is 0 Å². The molecule has 3 heteroatoms. The first-order valence-corrected chi connectivity index (χ1v) is 4.28. The minimum atomic E-state index is 0.00296. The third kappa shape index (κ3) is 1.93. The minimum absolute atomic E-state index is 0.00296. The molecule has 0 spiro atoms. The van der Waals surface area contributed by atoms with E-state index in [1.807, 2.05) is 19.9 Å². The van der Waals surface area contributed by atoms with E-state index in [1.165, 1.54) is 0 Å². The summed E-state index contributed by atoms with van der Waals surface area (Å²) in [5.74, 6) is 0.274. The number of hydrogen-bond acceptors (Lipinski definition) is 1. The lowest BCUT2D eigenvalue weighted by atomic mass is 10.1. The van der Waals surface area contributed by atoms with Crippen molar-refractivity contribution in [3.8, 4) is 0 Å². The van der Waals surface area contributed by atoms with Crippen LogP contribution in [0.4, 0.5) is 0 Å². The maximum Gasteiger partial charge on any atom is 0.251 e. The Morgan fingerprint density at radius 1 is 1.55 bits per heavy atom. The zero-order valence-electron chi connectivity index (χ0n) is 6.52. The summed E-state index contributed by atoms with van der Waals surface area (Å²) in [6.45, 7) is 3.99. The molecule has 1 aromatic heterocycles. The maximum absolute atomic E-state index is 11.1. The highest BCUT2D eigenvalue weighted by molar-refractivity contribution is 9.10. The van der Waals surface area contributed by atoms with Crippen LogP contribution in [0.25, 0.3) is 0 Å². The summed E-state index contributed by atoms with van der Waals surface area (Å²) in [7, 11) is 0. The zero-order valence-corrected chi connectivity index (χ0v) is 8.10. The Hall–Kier alpha value is -0.570. The van der Waals surface area contributed by atoms with Crippen molar-refractivity contribution in [1.29, 1.82) is 0 Å². The van der Waals surface area contributed by atoms with Crippen LogP contribution in [0, 0.1) is 0 Å². The smallest absolute Gasteiger partial charge is 0.251 e. The standard InChI is InChI=1S/C8H10BrNO/c1-5(2)7-3-6(9)4-10-8(7)11/h3-5H,1-2H3,(H,10,11). The van der Waals surface area contributed by atoms with Crippen molar-refractivity contribution in [2.45, 2.75) is 19.8 Å². The Bertz CT molecular complexity index is 303. The van der Waals surface area contributed by atoms with Crippen molar-refractivity contribution in [1.82, 2.24) is 4.98 Å². The predicted molar refractivity (Wildman–Crippen MR) is 48.9 cm³/mol. The second-order valence-corrected chi connectivity index (χ2v) is 3.67. The molecule has 11 heavy (non-hydrogen) atoms.